The molecule has 8 heavy (non-hydrogen) atoms. The minimum Gasteiger partial charge on any atom is -0.387 e. The second kappa shape index (κ2) is 2.02. The Balaban J connectivity index is 2.45. The third-order valence-electron chi connectivity index (χ3n) is 0.957. The Morgan fingerprint density at radius 3 is 2.75 bits per heavy atom. The van der Waals surface area contributed by atoms with E-state index >= 15 is 0 Å². The van der Waals surface area contributed by atoms with E-state index in [9.17, 15) is 0 Å². The molecule has 0 bridgehead atoms. The summed E-state index contributed by atoms with van der Waals surface area (Å²) in [7, 11) is 0. The number of hydrogen-bond acceptors (Lipinski definition) is 4. The van der Waals surface area contributed by atoms with Crippen LogP contribution in [0.15, 0.2) is 11.9 Å². The molecule has 0 amide bonds. The van der Waals surface area contributed by atoms with Crippen molar-refractivity contribution in [3.05, 3.63) is 11.9 Å². The van der Waals surface area contributed by atoms with Crippen LogP contribution in [-0.2, 0) is 0 Å². The predicted molar refractivity (Wildman–Crippen MR) is 29.2 cm³/mol. The highest BCUT2D eigenvalue weighted by molar-refractivity contribution is 5.04. The van der Waals surface area contributed by atoms with E-state index in [0.717, 1.165) is 5.70 Å². The molecule has 0 radical (unpaired) electrons. The lowest BCUT2D eigenvalue weighted by molar-refractivity contribution is 0.222. The molecule has 1 rings (SSSR count). The highest BCUT2D eigenvalue weighted by Crippen LogP contribution is 1.95. The zero-order valence-corrected chi connectivity index (χ0v) is 4.60. The topological polar surface area (TPSA) is 56.3 Å². The molecule has 46 valence electrons. The van der Waals surface area contributed by atoms with Crippen molar-refractivity contribution in [3.8, 4) is 0 Å². The van der Waals surface area contributed by atoms with Gasteiger partial charge in [0.1, 0.15) is 0 Å². The van der Waals surface area contributed by atoms with Gasteiger partial charge < -0.3 is 16.0 Å². The Kier molecular flexibility index (Phi) is 1.36. The van der Waals surface area contributed by atoms with Crippen molar-refractivity contribution in [2.24, 2.45) is 0 Å². The van der Waals surface area contributed by atoms with Crippen LogP contribution in [0.1, 0.15) is 6.92 Å². The SMILES string of the molecule is CC(O)C1=CNNN1. The summed E-state index contributed by atoms with van der Waals surface area (Å²) in [6.07, 6.45) is 1.24. The number of rotatable bonds is 1. The Labute approximate surface area is 47.5 Å². The van der Waals surface area contributed by atoms with Crippen molar-refractivity contribution in [2.45, 2.75) is 13.0 Å². The summed E-state index contributed by atoms with van der Waals surface area (Å²) in [4.78, 5) is 0. The fourth-order valence-electron chi connectivity index (χ4n) is 0.483. The third kappa shape index (κ3) is 0.907. The molecule has 0 aromatic carbocycles. The molecular weight excluding hydrogens is 106 g/mol. The standard InChI is InChI=1S/C4H9N3O/c1-3(8)4-2-5-7-6-4/h2-3,5-8H,1H3. The van der Waals surface area contributed by atoms with Crippen LogP contribution in [-0.4, -0.2) is 11.2 Å². The van der Waals surface area contributed by atoms with Crippen LogP contribution in [0.3, 0.4) is 0 Å². The molecule has 1 unspecified atom stereocenters. The fraction of sp³-hybridized carbons (Fsp3) is 0.500. The summed E-state index contributed by atoms with van der Waals surface area (Å²) in [5.41, 5.74) is 8.73. The van der Waals surface area contributed by atoms with Crippen LogP contribution in [0.25, 0.3) is 0 Å². The van der Waals surface area contributed by atoms with Gasteiger partial charge in [0.15, 0.2) is 0 Å². The molecule has 0 spiro atoms. The van der Waals surface area contributed by atoms with Crippen molar-refractivity contribution < 1.29 is 5.11 Å². The second-order valence-electron chi connectivity index (χ2n) is 1.67. The number of aliphatic hydroxyl groups is 1. The first-order valence-electron chi connectivity index (χ1n) is 2.45. The quantitative estimate of drug-likeness (QED) is 0.347. The third-order valence-corrected chi connectivity index (χ3v) is 0.957. The lowest BCUT2D eigenvalue weighted by atomic mass is 10.3. The van der Waals surface area contributed by atoms with Crippen molar-refractivity contribution in [3.63, 3.8) is 0 Å². The van der Waals surface area contributed by atoms with E-state index in [1.807, 2.05) is 0 Å². The first kappa shape index (κ1) is 5.40. The van der Waals surface area contributed by atoms with Crippen LogP contribution >= 0.6 is 0 Å². The molecule has 4 N–H and O–H groups in total. The van der Waals surface area contributed by atoms with Gasteiger partial charge in [-0.1, -0.05) is 0 Å². The van der Waals surface area contributed by atoms with Crippen LogP contribution in [0.5, 0.6) is 0 Å². The Bertz CT molecular complexity index is 110. The first-order valence-corrected chi connectivity index (χ1v) is 2.45. The van der Waals surface area contributed by atoms with Gasteiger partial charge in [0.05, 0.1) is 11.8 Å². The Morgan fingerprint density at radius 2 is 2.50 bits per heavy atom. The molecule has 0 aromatic rings. The fourth-order valence-corrected chi connectivity index (χ4v) is 0.483. The maximum absolute atomic E-state index is 8.84. The minimum atomic E-state index is -0.433. The summed E-state index contributed by atoms with van der Waals surface area (Å²) in [6.45, 7) is 1.69. The molecule has 1 aliphatic rings. The second-order valence-corrected chi connectivity index (χ2v) is 1.67. The highest BCUT2D eigenvalue weighted by Gasteiger charge is 2.06. The summed E-state index contributed by atoms with van der Waals surface area (Å²) >= 11 is 0. The molecule has 1 heterocycles. The Morgan fingerprint density at radius 1 is 1.75 bits per heavy atom. The molecule has 0 saturated carbocycles. The summed E-state index contributed by atoms with van der Waals surface area (Å²) in [5, 5.41) is 8.84. The number of hydrogen-bond donors (Lipinski definition) is 4. The minimum absolute atomic E-state index is 0.433. The van der Waals surface area contributed by atoms with E-state index in [2.05, 4.69) is 16.4 Å². The van der Waals surface area contributed by atoms with Gasteiger partial charge in [-0.05, 0) is 6.92 Å². The normalized spacial score (nSPS) is 21.0. The predicted octanol–water partition coefficient (Wildman–Crippen LogP) is -1.18. The maximum atomic E-state index is 8.84. The lowest BCUT2D eigenvalue weighted by Gasteiger charge is -2.03. The largest absolute Gasteiger partial charge is 0.387 e. The molecule has 4 heteroatoms. The van der Waals surface area contributed by atoms with Gasteiger partial charge >= 0.3 is 0 Å². The molecule has 1 atom stereocenters. The van der Waals surface area contributed by atoms with E-state index in [-0.39, 0.29) is 0 Å². The van der Waals surface area contributed by atoms with Crippen molar-refractivity contribution in [1.29, 1.82) is 0 Å². The van der Waals surface area contributed by atoms with Gasteiger partial charge in [0.25, 0.3) is 0 Å². The average molecular weight is 115 g/mol. The van der Waals surface area contributed by atoms with E-state index in [4.69, 9.17) is 5.11 Å². The van der Waals surface area contributed by atoms with Crippen LogP contribution in [0.2, 0.25) is 0 Å². The van der Waals surface area contributed by atoms with Crippen molar-refractivity contribution >= 4 is 0 Å². The number of hydrazine groups is 2. The van der Waals surface area contributed by atoms with E-state index in [1.54, 1.807) is 13.1 Å². The van der Waals surface area contributed by atoms with Gasteiger partial charge in [-0.3, -0.25) is 0 Å². The molecular formula is C4H9N3O. The molecule has 0 saturated heterocycles. The smallest absolute Gasteiger partial charge is 0.0935 e. The number of aliphatic hydroxyl groups excluding tert-OH is 1. The molecule has 4 nitrogen and oxygen atoms in total. The zero-order valence-electron chi connectivity index (χ0n) is 4.60. The van der Waals surface area contributed by atoms with Crippen molar-refractivity contribution in [2.75, 3.05) is 0 Å². The van der Waals surface area contributed by atoms with Gasteiger partial charge in [-0.2, -0.15) is 5.53 Å². The number of nitrogens with one attached hydrogen (secondary N) is 3. The molecule has 0 aliphatic carbocycles. The monoisotopic (exact) mass is 115 g/mol. The zero-order chi connectivity index (χ0) is 5.98. The molecule has 0 aromatic heterocycles. The molecule has 0 fully saturated rings. The van der Waals surface area contributed by atoms with Gasteiger partial charge in [-0.25, -0.2) is 0 Å². The summed E-state index contributed by atoms with van der Waals surface area (Å²) < 4.78 is 0. The maximum Gasteiger partial charge on any atom is 0.0935 e. The van der Waals surface area contributed by atoms with E-state index < -0.39 is 6.10 Å². The molecule has 1 aliphatic heterocycles. The van der Waals surface area contributed by atoms with Gasteiger partial charge in [0, 0.05) is 6.20 Å². The lowest BCUT2D eigenvalue weighted by Crippen LogP contribution is -2.33. The Hall–Kier alpha value is -0.740. The van der Waals surface area contributed by atoms with E-state index in [1.165, 1.54) is 0 Å². The van der Waals surface area contributed by atoms with Gasteiger partial charge in [-0.15, -0.1) is 0 Å². The van der Waals surface area contributed by atoms with Crippen LogP contribution in [0, 0.1) is 0 Å². The average Bonchev–Trinajstić information content (AvgIpc) is 2.12. The van der Waals surface area contributed by atoms with Crippen molar-refractivity contribution in [1.82, 2.24) is 16.4 Å². The highest BCUT2D eigenvalue weighted by atomic mass is 16.3. The summed E-state index contributed by atoms with van der Waals surface area (Å²) in [5.74, 6) is 0. The van der Waals surface area contributed by atoms with Crippen LogP contribution in [0.4, 0.5) is 0 Å². The van der Waals surface area contributed by atoms with Crippen LogP contribution < -0.4 is 16.4 Å². The summed E-state index contributed by atoms with van der Waals surface area (Å²) in [6, 6.07) is 0. The van der Waals surface area contributed by atoms with E-state index in [0.29, 0.717) is 0 Å². The first-order chi connectivity index (χ1) is 3.80. The van der Waals surface area contributed by atoms with Gasteiger partial charge in [0.2, 0.25) is 0 Å².